The Labute approximate surface area is 113 Å². The van der Waals surface area contributed by atoms with Crippen molar-refractivity contribution >= 4 is 51.1 Å². The van der Waals surface area contributed by atoms with E-state index in [1.165, 1.54) is 0 Å². The first-order valence-corrected chi connectivity index (χ1v) is 7.93. The molecule has 3 nitrogen and oxygen atoms in total. The van der Waals surface area contributed by atoms with Gasteiger partial charge in [-0.2, -0.15) is 0 Å². The molecule has 1 saturated heterocycles. The number of halogens is 2. The third-order valence-electron chi connectivity index (χ3n) is 2.66. The maximum atomic E-state index is 12.0. The van der Waals surface area contributed by atoms with Gasteiger partial charge in [-0.3, -0.25) is 4.79 Å². The Kier molecular flexibility index (Phi) is 5.99. The molecule has 1 aliphatic rings. The van der Waals surface area contributed by atoms with Gasteiger partial charge < -0.3 is 10.2 Å². The molecule has 0 saturated carbocycles. The zero-order valence-corrected chi connectivity index (χ0v) is 12.6. The van der Waals surface area contributed by atoms with Gasteiger partial charge >= 0.3 is 0 Å². The number of carbonyl (C=O) groups excluding carboxylic acids is 1. The van der Waals surface area contributed by atoms with Crippen LogP contribution in [0.15, 0.2) is 0 Å². The number of nitrogens with zero attached hydrogens (tertiary/aromatic N) is 1. The van der Waals surface area contributed by atoms with Crippen molar-refractivity contribution in [3.63, 3.8) is 0 Å². The van der Waals surface area contributed by atoms with Crippen molar-refractivity contribution in [1.82, 2.24) is 10.2 Å². The summed E-state index contributed by atoms with van der Waals surface area (Å²) in [5.41, 5.74) is 0. The first-order chi connectivity index (χ1) is 6.74. The van der Waals surface area contributed by atoms with Crippen LogP contribution in [0.5, 0.6) is 0 Å². The fraction of sp³-hybridized carbons (Fsp3) is 0.889. The van der Waals surface area contributed by atoms with Gasteiger partial charge in [0, 0.05) is 17.5 Å². The molecular formula is C9H16I2N2O. The van der Waals surface area contributed by atoms with Gasteiger partial charge in [0.15, 0.2) is 0 Å². The molecule has 1 rings (SSSR count). The Morgan fingerprint density at radius 3 is 2.86 bits per heavy atom. The molecule has 0 spiro atoms. The van der Waals surface area contributed by atoms with Gasteiger partial charge in [-0.15, -0.1) is 0 Å². The number of hydrogen-bond acceptors (Lipinski definition) is 2. The predicted molar refractivity (Wildman–Crippen MR) is 75.1 cm³/mol. The van der Waals surface area contributed by atoms with Crippen LogP contribution in [-0.4, -0.2) is 38.9 Å². The molecule has 0 aliphatic carbocycles. The second-order valence-corrected chi connectivity index (χ2v) is 5.04. The van der Waals surface area contributed by atoms with E-state index < -0.39 is 0 Å². The zero-order valence-electron chi connectivity index (χ0n) is 8.30. The molecule has 1 aliphatic heterocycles. The highest BCUT2D eigenvalue weighted by Gasteiger charge is 2.32. The van der Waals surface area contributed by atoms with Crippen molar-refractivity contribution in [3.05, 3.63) is 0 Å². The van der Waals surface area contributed by atoms with Crippen LogP contribution in [0.2, 0.25) is 0 Å². The lowest BCUT2D eigenvalue weighted by molar-refractivity contribution is -0.135. The first-order valence-electron chi connectivity index (χ1n) is 4.88. The van der Waals surface area contributed by atoms with E-state index in [1.807, 2.05) is 4.90 Å². The van der Waals surface area contributed by atoms with E-state index >= 15 is 0 Å². The summed E-state index contributed by atoms with van der Waals surface area (Å²) in [4.78, 5) is 13.9. The summed E-state index contributed by atoms with van der Waals surface area (Å²) in [6, 6.07) is 0.0559. The molecule has 0 aromatic rings. The minimum atomic E-state index is 0.0559. The number of hydrogen-bond donors (Lipinski definition) is 1. The van der Waals surface area contributed by atoms with Crippen molar-refractivity contribution in [2.75, 3.05) is 22.1 Å². The van der Waals surface area contributed by atoms with Crippen molar-refractivity contribution in [1.29, 1.82) is 0 Å². The molecule has 0 radical (unpaired) electrons. The fourth-order valence-corrected chi connectivity index (χ4v) is 3.48. The molecule has 1 heterocycles. The third-order valence-corrected chi connectivity index (χ3v) is 4.62. The molecule has 1 unspecified atom stereocenters. The van der Waals surface area contributed by atoms with E-state index in [-0.39, 0.29) is 11.9 Å². The second kappa shape index (κ2) is 6.47. The van der Waals surface area contributed by atoms with E-state index in [9.17, 15) is 4.79 Å². The van der Waals surface area contributed by atoms with Crippen LogP contribution in [0.1, 0.15) is 13.3 Å². The topological polar surface area (TPSA) is 32.3 Å². The Morgan fingerprint density at radius 1 is 1.64 bits per heavy atom. The van der Waals surface area contributed by atoms with Gasteiger partial charge in [0.1, 0.15) is 0 Å². The maximum absolute atomic E-state index is 12.0. The summed E-state index contributed by atoms with van der Waals surface area (Å²) in [5, 5.41) is 3.34. The van der Waals surface area contributed by atoms with Gasteiger partial charge in [-0.05, 0) is 5.92 Å². The lowest BCUT2D eigenvalue weighted by Gasteiger charge is -2.35. The molecular weight excluding hydrogens is 406 g/mol. The summed E-state index contributed by atoms with van der Waals surface area (Å²) in [7, 11) is 0. The number of piperazine rings is 1. The zero-order chi connectivity index (χ0) is 10.6. The van der Waals surface area contributed by atoms with Crippen molar-refractivity contribution in [2.45, 2.75) is 19.4 Å². The largest absolute Gasteiger partial charge is 0.331 e. The fourth-order valence-electron chi connectivity index (χ4n) is 1.67. The standard InChI is InChI=1S/C9H16I2N2O/c1-2-7(5-10)8-9(14)13(6-11)4-3-12-8/h7-8,12H,2-6H2,1H3/t7?,8-/m0/s1. The SMILES string of the molecule is CCC(CI)[C@@H]1NCCN(CI)C1=O. The van der Waals surface area contributed by atoms with Crippen LogP contribution < -0.4 is 5.32 Å². The number of nitrogens with one attached hydrogen (secondary N) is 1. The van der Waals surface area contributed by atoms with Crippen LogP contribution in [0, 0.1) is 5.92 Å². The van der Waals surface area contributed by atoms with Crippen LogP contribution in [0.4, 0.5) is 0 Å². The summed E-state index contributed by atoms with van der Waals surface area (Å²) in [6.45, 7) is 3.95. The molecule has 5 heteroatoms. The number of rotatable bonds is 4. The van der Waals surface area contributed by atoms with Crippen LogP contribution >= 0.6 is 45.2 Å². The summed E-state index contributed by atoms with van der Waals surface area (Å²) in [6.07, 6.45) is 1.07. The lowest BCUT2D eigenvalue weighted by atomic mass is 9.96. The Balaban J connectivity index is 2.63. The quantitative estimate of drug-likeness (QED) is 0.425. The highest BCUT2D eigenvalue weighted by molar-refractivity contribution is 14.1. The predicted octanol–water partition coefficient (Wildman–Crippen LogP) is 1.64. The second-order valence-electron chi connectivity index (χ2n) is 3.48. The van der Waals surface area contributed by atoms with Crippen LogP contribution in [0.25, 0.3) is 0 Å². The summed E-state index contributed by atoms with van der Waals surface area (Å²) < 4.78 is 1.86. The molecule has 2 atom stereocenters. The van der Waals surface area contributed by atoms with Crippen molar-refractivity contribution in [3.8, 4) is 0 Å². The smallest absolute Gasteiger partial charge is 0.240 e. The number of alkyl halides is 2. The number of amides is 1. The van der Waals surface area contributed by atoms with E-state index in [0.29, 0.717) is 5.92 Å². The molecule has 1 N–H and O–H groups in total. The van der Waals surface area contributed by atoms with Crippen molar-refractivity contribution in [2.24, 2.45) is 5.92 Å². The molecule has 1 fully saturated rings. The maximum Gasteiger partial charge on any atom is 0.240 e. The van der Waals surface area contributed by atoms with Gasteiger partial charge in [-0.1, -0.05) is 58.5 Å². The highest BCUT2D eigenvalue weighted by Crippen LogP contribution is 2.17. The Bertz CT molecular complexity index is 197. The van der Waals surface area contributed by atoms with Gasteiger partial charge in [-0.25, -0.2) is 0 Å². The van der Waals surface area contributed by atoms with E-state index in [4.69, 9.17) is 0 Å². The molecule has 82 valence electrons. The molecule has 0 aromatic carbocycles. The normalized spacial score (nSPS) is 25.2. The van der Waals surface area contributed by atoms with Gasteiger partial charge in [0.25, 0.3) is 0 Å². The van der Waals surface area contributed by atoms with Crippen molar-refractivity contribution < 1.29 is 4.79 Å². The van der Waals surface area contributed by atoms with Crippen LogP contribution in [-0.2, 0) is 4.79 Å². The lowest BCUT2D eigenvalue weighted by Crippen LogP contribution is -2.57. The molecule has 0 aromatic heterocycles. The molecule has 1 amide bonds. The van der Waals surface area contributed by atoms with Gasteiger partial charge in [0.2, 0.25) is 5.91 Å². The third kappa shape index (κ3) is 2.94. The van der Waals surface area contributed by atoms with E-state index in [0.717, 1.165) is 28.5 Å². The van der Waals surface area contributed by atoms with Gasteiger partial charge in [0.05, 0.1) is 10.6 Å². The average molecular weight is 422 g/mol. The first kappa shape index (κ1) is 13.0. The molecule has 14 heavy (non-hydrogen) atoms. The minimum Gasteiger partial charge on any atom is -0.331 e. The van der Waals surface area contributed by atoms with E-state index in [2.05, 4.69) is 57.4 Å². The summed E-state index contributed by atoms with van der Waals surface area (Å²) in [5.74, 6) is 0.767. The highest BCUT2D eigenvalue weighted by atomic mass is 127. The molecule has 0 bridgehead atoms. The monoisotopic (exact) mass is 422 g/mol. The van der Waals surface area contributed by atoms with E-state index in [1.54, 1.807) is 0 Å². The average Bonchev–Trinajstić information content (AvgIpc) is 2.22. The summed E-state index contributed by atoms with van der Waals surface area (Å²) >= 11 is 4.62. The Morgan fingerprint density at radius 2 is 2.36 bits per heavy atom. The minimum absolute atomic E-state index is 0.0559. The number of carbonyl (C=O) groups is 1. The van der Waals surface area contributed by atoms with Crippen LogP contribution in [0.3, 0.4) is 0 Å². The Hall–Kier alpha value is 0.890.